The zero-order chi connectivity index (χ0) is 21.9. The molecule has 0 saturated carbocycles. The maximum atomic E-state index is 13.3. The molecule has 3 aromatic rings. The summed E-state index contributed by atoms with van der Waals surface area (Å²) in [5.74, 6) is 0.0776. The van der Waals surface area contributed by atoms with Gasteiger partial charge in [-0.15, -0.1) is 0 Å². The van der Waals surface area contributed by atoms with Crippen LogP contribution in [-0.2, 0) is 18.5 Å². The van der Waals surface area contributed by atoms with Gasteiger partial charge in [-0.05, 0) is 61.6 Å². The zero-order valence-electron chi connectivity index (χ0n) is 19.1. The SMILES string of the molecule is Cc1cccc(Cn2cccc2CN(C(=O)c2ccc(C(C)(C)C)cc2)C(C)C)c1. The number of rotatable bonds is 6. The summed E-state index contributed by atoms with van der Waals surface area (Å²) in [7, 11) is 0. The van der Waals surface area contributed by atoms with Gasteiger partial charge in [0.2, 0.25) is 0 Å². The average Bonchev–Trinajstić information content (AvgIpc) is 3.11. The molecule has 1 amide bonds. The first-order valence-corrected chi connectivity index (χ1v) is 10.8. The molecule has 1 heterocycles. The van der Waals surface area contributed by atoms with Gasteiger partial charge < -0.3 is 9.47 Å². The molecule has 0 saturated heterocycles. The van der Waals surface area contributed by atoms with Gasteiger partial charge in [0.1, 0.15) is 0 Å². The van der Waals surface area contributed by atoms with Crippen molar-refractivity contribution < 1.29 is 4.79 Å². The van der Waals surface area contributed by atoms with E-state index < -0.39 is 0 Å². The molecule has 3 rings (SSSR count). The highest BCUT2D eigenvalue weighted by molar-refractivity contribution is 5.94. The van der Waals surface area contributed by atoms with Crippen LogP contribution in [0.25, 0.3) is 0 Å². The van der Waals surface area contributed by atoms with Crippen molar-refractivity contribution in [2.24, 2.45) is 0 Å². The average molecular weight is 403 g/mol. The van der Waals surface area contributed by atoms with Gasteiger partial charge in [-0.1, -0.05) is 62.7 Å². The van der Waals surface area contributed by atoms with Gasteiger partial charge >= 0.3 is 0 Å². The summed E-state index contributed by atoms with van der Waals surface area (Å²) < 4.78 is 2.24. The quantitative estimate of drug-likeness (QED) is 0.482. The Bertz CT molecular complexity index is 990. The molecule has 0 atom stereocenters. The highest BCUT2D eigenvalue weighted by Gasteiger charge is 2.21. The van der Waals surface area contributed by atoms with Crippen molar-refractivity contribution in [1.82, 2.24) is 9.47 Å². The van der Waals surface area contributed by atoms with Crippen LogP contribution in [-0.4, -0.2) is 21.4 Å². The lowest BCUT2D eigenvalue weighted by atomic mass is 9.86. The van der Waals surface area contributed by atoms with Crippen LogP contribution in [0.5, 0.6) is 0 Å². The van der Waals surface area contributed by atoms with E-state index in [0.29, 0.717) is 6.54 Å². The first kappa shape index (κ1) is 21.9. The molecule has 0 N–H and O–H groups in total. The number of aromatic nitrogens is 1. The summed E-state index contributed by atoms with van der Waals surface area (Å²) in [6, 6.07) is 20.9. The van der Waals surface area contributed by atoms with Crippen molar-refractivity contribution >= 4 is 5.91 Å². The number of hydrogen-bond donors (Lipinski definition) is 0. The number of amides is 1. The molecule has 158 valence electrons. The van der Waals surface area contributed by atoms with Gasteiger partial charge in [0.15, 0.2) is 0 Å². The van der Waals surface area contributed by atoms with Gasteiger partial charge in [-0.25, -0.2) is 0 Å². The summed E-state index contributed by atoms with van der Waals surface area (Å²) in [6.45, 7) is 14.2. The number of carbonyl (C=O) groups excluding carboxylic acids is 1. The second kappa shape index (κ2) is 8.91. The fourth-order valence-corrected chi connectivity index (χ4v) is 3.70. The van der Waals surface area contributed by atoms with Crippen LogP contribution in [0.4, 0.5) is 0 Å². The minimum atomic E-state index is 0.0776. The summed E-state index contributed by atoms with van der Waals surface area (Å²) >= 11 is 0. The van der Waals surface area contributed by atoms with Gasteiger partial charge in [0.25, 0.3) is 5.91 Å². The maximum absolute atomic E-state index is 13.3. The highest BCUT2D eigenvalue weighted by atomic mass is 16.2. The molecular weight excluding hydrogens is 368 g/mol. The lowest BCUT2D eigenvalue weighted by Crippen LogP contribution is -2.37. The van der Waals surface area contributed by atoms with Gasteiger partial charge in [-0.3, -0.25) is 4.79 Å². The molecule has 0 fully saturated rings. The normalized spacial score (nSPS) is 11.7. The molecule has 0 aliphatic carbocycles. The van der Waals surface area contributed by atoms with E-state index in [1.807, 2.05) is 17.0 Å². The third-order valence-electron chi connectivity index (χ3n) is 5.57. The molecule has 2 aromatic carbocycles. The van der Waals surface area contributed by atoms with E-state index >= 15 is 0 Å². The number of hydrogen-bond acceptors (Lipinski definition) is 1. The van der Waals surface area contributed by atoms with Crippen molar-refractivity contribution in [3.8, 4) is 0 Å². The van der Waals surface area contributed by atoms with E-state index in [1.165, 1.54) is 16.7 Å². The highest BCUT2D eigenvalue weighted by Crippen LogP contribution is 2.23. The van der Waals surface area contributed by atoms with Crippen molar-refractivity contribution in [2.75, 3.05) is 0 Å². The molecule has 0 unspecified atom stereocenters. The van der Waals surface area contributed by atoms with Crippen LogP contribution >= 0.6 is 0 Å². The Hall–Kier alpha value is -2.81. The lowest BCUT2D eigenvalue weighted by molar-refractivity contribution is 0.0686. The third kappa shape index (κ3) is 5.21. The summed E-state index contributed by atoms with van der Waals surface area (Å²) in [4.78, 5) is 15.3. The molecule has 0 radical (unpaired) electrons. The van der Waals surface area contributed by atoms with Gasteiger partial charge in [0.05, 0.1) is 6.54 Å². The molecule has 1 aromatic heterocycles. The van der Waals surface area contributed by atoms with E-state index in [4.69, 9.17) is 0 Å². The van der Waals surface area contributed by atoms with Crippen LogP contribution in [0, 0.1) is 6.92 Å². The van der Waals surface area contributed by atoms with E-state index in [1.54, 1.807) is 0 Å². The first-order chi connectivity index (χ1) is 14.1. The molecule has 0 aliphatic rings. The standard InChI is InChI=1S/C27H34N2O/c1-20(2)29(26(30)23-12-14-24(15-13-23)27(4,5)6)19-25-11-8-16-28(25)18-22-10-7-9-21(3)17-22/h7-17,20H,18-19H2,1-6H3. The Kier molecular flexibility index (Phi) is 6.50. The van der Waals surface area contributed by atoms with E-state index in [-0.39, 0.29) is 17.4 Å². The van der Waals surface area contributed by atoms with Gasteiger partial charge in [-0.2, -0.15) is 0 Å². The van der Waals surface area contributed by atoms with Crippen LogP contribution < -0.4 is 0 Å². The smallest absolute Gasteiger partial charge is 0.254 e. The summed E-state index contributed by atoms with van der Waals surface area (Å²) in [5, 5.41) is 0. The van der Waals surface area contributed by atoms with Crippen LogP contribution in [0.3, 0.4) is 0 Å². The van der Waals surface area contributed by atoms with Crippen molar-refractivity contribution in [3.05, 3.63) is 94.8 Å². The predicted molar refractivity (Wildman–Crippen MR) is 125 cm³/mol. The zero-order valence-corrected chi connectivity index (χ0v) is 19.1. The molecule has 0 spiro atoms. The van der Waals surface area contributed by atoms with E-state index in [0.717, 1.165) is 17.8 Å². The Morgan fingerprint density at radius 2 is 1.70 bits per heavy atom. The third-order valence-corrected chi connectivity index (χ3v) is 5.57. The monoisotopic (exact) mass is 402 g/mol. The number of nitrogens with zero attached hydrogens (tertiary/aromatic N) is 2. The number of aryl methyl sites for hydroxylation is 1. The van der Waals surface area contributed by atoms with Crippen molar-refractivity contribution in [2.45, 2.75) is 66.1 Å². The molecule has 3 nitrogen and oxygen atoms in total. The largest absolute Gasteiger partial charge is 0.345 e. The summed E-state index contributed by atoms with van der Waals surface area (Å²) in [6.07, 6.45) is 2.10. The van der Waals surface area contributed by atoms with Crippen molar-refractivity contribution in [1.29, 1.82) is 0 Å². The fourth-order valence-electron chi connectivity index (χ4n) is 3.70. The Morgan fingerprint density at radius 3 is 2.30 bits per heavy atom. The lowest BCUT2D eigenvalue weighted by Gasteiger charge is -2.28. The molecular formula is C27H34N2O. The number of carbonyl (C=O) groups is 1. The number of benzene rings is 2. The minimum absolute atomic E-state index is 0.0776. The van der Waals surface area contributed by atoms with E-state index in [9.17, 15) is 4.79 Å². The Labute approximate surface area is 181 Å². The maximum Gasteiger partial charge on any atom is 0.254 e. The first-order valence-electron chi connectivity index (χ1n) is 10.8. The van der Waals surface area contributed by atoms with E-state index in [2.05, 4.69) is 101 Å². The molecule has 0 bridgehead atoms. The van der Waals surface area contributed by atoms with Crippen LogP contribution in [0.1, 0.15) is 67.4 Å². The van der Waals surface area contributed by atoms with Gasteiger partial charge in [0, 0.05) is 30.0 Å². The topological polar surface area (TPSA) is 25.2 Å². The Morgan fingerprint density at radius 1 is 1.00 bits per heavy atom. The van der Waals surface area contributed by atoms with Crippen molar-refractivity contribution in [3.63, 3.8) is 0 Å². The second-order valence-corrected chi connectivity index (χ2v) is 9.47. The van der Waals surface area contributed by atoms with Crippen LogP contribution in [0.15, 0.2) is 66.9 Å². The molecule has 30 heavy (non-hydrogen) atoms. The summed E-state index contributed by atoms with van der Waals surface area (Å²) in [5.41, 5.74) is 5.74. The second-order valence-electron chi connectivity index (χ2n) is 9.47. The molecule has 0 aliphatic heterocycles. The fraction of sp³-hybridized carbons (Fsp3) is 0.370. The Balaban J connectivity index is 1.80. The minimum Gasteiger partial charge on any atom is -0.345 e. The van der Waals surface area contributed by atoms with Crippen LogP contribution in [0.2, 0.25) is 0 Å². The predicted octanol–water partition coefficient (Wildman–Crippen LogP) is 6.19. The molecule has 3 heteroatoms.